The van der Waals surface area contributed by atoms with Crippen LogP contribution >= 0.6 is 0 Å². The molecule has 0 aliphatic carbocycles. The van der Waals surface area contributed by atoms with Crippen LogP contribution in [0, 0.1) is 10.1 Å². The SMILES string of the molecule is CCc1cccc(NC(=O)COC(=O)c2ccc(N3CCOCC3)c([N+](=O)[O-])c2)c1. The number of ether oxygens (including phenoxy) is 2. The van der Waals surface area contributed by atoms with Gasteiger partial charge in [-0.25, -0.2) is 4.79 Å². The molecule has 0 radical (unpaired) electrons. The second-order valence-electron chi connectivity index (χ2n) is 6.74. The van der Waals surface area contributed by atoms with E-state index < -0.39 is 23.4 Å². The van der Waals surface area contributed by atoms with Crippen molar-refractivity contribution >= 4 is 28.9 Å². The lowest BCUT2D eigenvalue weighted by molar-refractivity contribution is -0.384. The van der Waals surface area contributed by atoms with Crippen molar-refractivity contribution in [1.82, 2.24) is 0 Å². The minimum atomic E-state index is -0.802. The molecule has 3 rings (SSSR count). The van der Waals surface area contributed by atoms with Crippen LogP contribution in [0.1, 0.15) is 22.8 Å². The average Bonchev–Trinajstić information content (AvgIpc) is 2.77. The summed E-state index contributed by atoms with van der Waals surface area (Å²) in [6, 6.07) is 11.5. The van der Waals surface area contributed by atoms with Crippen molar-refractivity contribution in [1.29, 1.82) is 0 Å². The van der Waals surface area contributed by atoms with Crippen LogP contribution in [0.2, 0.25) is 0 Å². The number of anilines is 2. The van der Waals surface area contributed by atoms with Gasteiger partial charge in [-0.3, -0.25) is 14.9 Å². The molecule has 9 nitrogen and oxygen atoms in total. The monoisotopic (exact) mass is 413 g/mol. The summed E-state index contributed by atoms with van der Waals surface area (Å²) in [6.45, 7) is 3.54. The third kappa shape index (κ3) is 5.32. The van der Waals surface area contributed by atoms with E-state index in [0.29, 0.717) is 37.7 Å². The largest absolute Gasteiger partial charge is 0.452 e. The first-order valence-electron chi connectivity index (χ1n) is 9.65. The van der Waals surface area contributed by atoms with Gasteiger partial charge < -0.3 is 19.7 Å². The van der Waals surface area contributed by atoms with Crippen LogP contribution in [0.15, 0.2) is 42.5 Å². The van der Waals surface area contributed by atoms with Crippen LogP contribution < -0.4 is 10.2 Å². The number of carbonyl (C=O) groups excluding carboxylic acids is 2. The Kier molecular flexibility index (Phi) is 6.97. The quantitative estimate of drug-likeness (QED) is 0.422. The molecule has 1 heterocycles. The molecule has 30 heavy (non-hydrogen) atoms. The highest BCUT2D eigenvalue weighted by atomic mass is 16.6. The standard InChI is InChI=1S/C21H23N3O6/c1-2-15-4-3-5-17(12-15)22-20(25)14-30-21(26)16-6-7-18(19(13-16)24(27)28)23-8-10-29-11-9-23/h3-7,12-13H,2,8-11,14H2,1H3,(H,22,25). The van der Waals surface area contributed by atoms with Gasteiger partial charge in [0.25, 0.3) is 11.6 Å². The summed E-state index contributed by atoms with van der Waals surface area (Å²) in [5.41, 5.74) is 1.93. The zero-order valence-corrected chi connectivity index (χ0v) is 16.6. The van der Waals surface area contributed by atoms with Crippen LogP contribution in [0.3, 0.4) is 0 Å². The summed E-state index contributed by atoms with van der Waals surface area (Å²) in [5, 5.41) is 14.2. The molecule has 1 saturated heterocycles. The highest BCUT2D eigenvalue weighted by molar-refractivity contribution is 5.96. The molecule has 158 valence electrons. The maximum absolute atomic E-state index is 12.3. The van der Waals surface area contributed by atoms with Gasteiger partial charge in [-0.15, -0.1) is 0 Å². The zero-order valence-electron chi connectivity index (χ0n) is 16.6. The Morgan fingerprint density at radius 1 is 1.20 bits per heavy atom. The van der Waals surface area contributed by atoms with E-state index in [1.807, 2.05) is 30.0 Å². The zero-order chi connectivity index (χ0) is 21.5. The first kappa shape index (κ1) is 21.3. The summed E-state index contributed by atoms with van der Waals surface area (Å²) in [4.78, 5) is 37.2. The van der Waals surface area contributed by atoms with E-state index in [4.69, 9.17) is 9.47 Å². The van der Waals surface area contributed by atoms with Crippen LogP contribution in [0.25, 0.3) is 0 Å². The van der Waals surface area contributed by atoms with Crippen LogP contribution in [0.5, 0.6) is 0 Å². The molecule has 2 aromatic carbocycles. The Bertz CT molecular complexity index is 940. The van der Waals surface area contributed by atoms with Crippen molar-refractivity contribution in [2.75, 3.05) is 43.1 Å². The molecule has 1 N–H and O–H groups in total. The molecule has 0 spiro atoms. The number of nitrogens with one attached hydrogen (secondary N) is 1. The number of rotatable bonds is 7. The van der Waals surface area contributed by atoms with E-state index in [2.05, 4.69) is 5.32 Å². The van der Waals surface area contributed by atoms with Gasteiger partial charge in [0.15, 0.2) is 6.61 Å². The predicted octanol–water partition coefficient (Wildman–Crippen LogP) is 2.79. The number of hydrogen-bond donors (Lipinski definition) is 1. The van der Waals surface area contributed by atoms with Gasteiger partial charge in [0, 0.05) is 24.8 Å². The highest BCUT2D eigenvalue weighted by Crippen LogP contribution is 2.30. The van der Waals surface area contributed by atoms with E-state index in [0.717, 1.165) is 12.0 Å². The first-order valence-corrected chi connectivity index (χ1v) is 9.65. The predicted molar refractivity (Wildman–Crippen MR) is 111 cm³/mol. The Balaban J connectivity index is 1.63. The third-order valence-corrected chi connectivity index (χ3v) is 4.71. The molecule has 1 fully saturated rings. The molecule has 0 aromatic heterocycles. The van der Waals surface area contributed by atoms with Gasteiger partial charge in [-0.2, -0.15) is 0 Å². The van der Waals surface area contributed by atoms with E-state index in [-0.39, 0.29) is 11.3 Å². The molecule has 9 heteroatoms. The van der Waals surface area contributed by atoms with Crippen LogP contribution in [-0.4, -0.2) is 49.7 Å². The van der Waals surface area contributed by atoms with Gasteiger partial charge in [0.05, 0.1) is 23.7 Å². The van der Waals surface area contributed by atoms with Crippen LogP contribution in [0.4, 0.5) is 17.1 Å². The number of amides is 1. The van der Waals surface area contributed by atoms with E-state index in [1.54, 1.807) is 6.07 Å². The van der Waals surface area contributed by atoms with Crippen LogP contribution in [-0.2, 0) is 20.7 Å². The fourth-order valence-electron chi connectivity index (χ4n) is 3.15. The lowest BCUT2D eigenvalue weighted by Gasteiger charge is -2.28. The molecule has 0 saturated carbocycles. The Morgan fingerprint density at radius 2 is 1.97 bits per heavy atom. The fraction of sp³-hybridized carbons (Fsp3) is 0.333. The first-order chi connectivity index (χ1) is 14.5. The summed E-state index contributed by atoms with van der Waals surface area (Å²) < 4.78 is 10.3. The van der Waals surface area contributed by atoms with Gasteiger partial charge >= 0.3 is 5.97 Å². The second-order valence-corrected chi connectivity index (χ2v) is 6.74. The van der Waals surface area contributed by atoms with Crippen molar-refractivity contribution in [3.8, 4) is 0 Å². The maximum atomic E-state index is 12.3. The molecule has 1 aliphatic rings. The number of hydrogen-bond acceptors (Lipinski definition) is 7. The average molecular weight is 413 g/mol. The highest BCUT2D eigenvalue weighted by Gasteiger charge is 2.24. The summed E-state index contributed by atoms with van der Waals surface area (Å²) in [7, 11) is 0. The molecule has 0 unspecified atom stereocenters. The van der Waals surface area contributed by atoms with Crippen molar-refractivity contribution in [2.24, 2.45) is 0 Å². The summed E-state index contributed by atoms with van der Waals surface area (Å²) in [5.74, 6) is -1.29. The minimum absolute atomic E-state index is 0.0134. The number of morpholine rings is 1. The molecule has 1 amide bonds. The van der Waals surface area contributed by atoms with Gasteiger partial charge in [0.1, 0.15) is 5.69 Å². The molecule has 2 aromatic rings. The third-order valence-electron chi connectivity index (χ3n) is 4.71. The lowest BCUT2D eigenvalue weighted by Crippen LogP contribution is -2.36. The van der Waals surface area contributed by atoms with Gasteiger partial charge in [-0.1, -0.05) is 19.1 Å². The Morgan fingerprint density at radius 3 is 2.67 bits per heavy atom. The van der Waals surface area contributed by atoms with Crippen molar-refractivity contribution < 1.29 is 24.0 Å². The number of nitro groups is 1. The molecule has 1 aliphatic heterocycles. The smallest absolute Gasteiger partial charge is 0.338 e. The molecular weight excluding hydrogens is 390 g/mol. The molecule has 0 atom stereocenters. The number of aryl methyl sites for hydroxylation is 1. The van der Waals surface area contributed by atoms with E-state index in [1.165, 1.54) is 18.2 Å². The number of nitro benzene ring substituents is 1. The maximum Gasteiger partial charge on any atom is 0.338 e. The molecule has 0 bridgehead atoms. The Hall–Kier alpha value is -3.46. The van der Waals surface area contributed by atoms with E-state index in [9.17, 15) is 19.7 Å². The lowest BCUT2D eigenvalue weighted by atomic mass is 10.1. The van der Waals surface area contributed by atoms with E-state index >= 15 is 0 Å². The number of benzene rings is 2. The van der Waals surface area contributed by atoms with Gasteiger partial charge in [-0.05, 0) is 36.2 Å². The topological polar surface area (TPSA) is 111 Å². The Labute approximate surface area is 173 Å². The summed E-state index contributed by atoms with van der Waals surface area (Å²) in [6.07, 6.45) is 0.831. The van der Waals surface area contributed by atoms with Gasteiger partial charge in [0.2, 0.25) is 0 Å². The van der Waals surface area contributed by atoms with Crippen molar-refractivity contribution in [3.05, 3.63) is 63.7 Å². The number of carbonyl (C=O) groups is 2. The molecular formula is C21H23N3O6. The normalized spacial score (nSPS) is 13.6. The second kappa shape index (κ2) is 9.84. The number of esters is 1. The minimum Gasteiger partial charge on any atom is -0.452 e. The summed E-state index contributed by atoms with van der Waals surface area (Å²) >= 11 is 0. The van der Waals surface area contributed by atoms with Crippen molar-refractivity contribution in [2.45, 2.75) is 13.3 Å². The van der Waals surface area contributed by atoms with Crippen molar-refractivity contribution in [3.63, 3.8) is 0 Å². The number of nitrogens with zero attached hydrogens (tertiary/aromatic N) is 2. The fourth-order valence-corrected chi connectivity index (χ4v) is 3.15.